The van der Waals surface area contributed by atoms with Crippen molar-refractivity contribution in [2.24, 2.45) is 0 Å². The fraction of sp³-hybridized carbons (Fsp3) is 0.316. The van der Waals surface area contributed by atoms with Crippen molar-refractivity contribution >= 4 is 22.7 Å². The molecule has 0 aliphatic heterocycles. The highest BCUT2D eigenvalue weighted by Gasteiger charge is 2.19. The third-order valence-corrected chi connectivity index (χ3v) is 4.25. The summed E-state index contributed by atoms with van der Waals surface area (Å²) in [4.78, 5) is 53.0. The number of rotatable bonds is 7. The molecule has 0 fully saturated rings. The summed E-state index contributed by atoms with van der Waals surface area (Å²) < 4.78 is 3.90. The van der Waals surface area contributed by atoms with E-state index >= 15 is 0 Å². The normalized spacial score (nSPS) is 11.0. The molecule has 0 unspecified atom stereocenters. The standard InChI is InChI=1S/C19H20N4O4/c1-13(24)8-9-22-18(26)16-17(20-12-21(16)10-14(2)25)23(19(22)27)11-15-6-4-3-5-7-15/h3-7,12H,8-11H2,1-2H3. The first-order valence-corrected chi connectivity index (χ1v) is 8.59. The Kier molecular flexibility index (Phi) is 5.16. The second kappa shape index (κ2) is 7.53. The number of hydrogen-bond acceptors (Lipinski definition) is 5. The van der Waals surface area contributed by atoms with E-state index in [2.05, 4.69) is 4.98 Å². The van der Waals surface area contributed by atoms with E-state index in [0.29, 0.717) is 0 Å². The van der Waals surface area contributed by atoms with Crippen LogP contribution in [0.15, 0.2) is 46.2 Å². The zero-order valence-corrected chi connectivity index (χ0v) is 15.2. The van der Waals surface area contributed by atoms with Crippen LogP contribution in [0.4, 0.5) is 0 Å². The number of fused-ring (bicyclic) bond motifs is 1. The molecule has 0 radical (unpaired) electrons. The number of carbonyl (C=O) groups is 2. The van der Waals surface area contributed by atoms with Crippen LogP contribution < -0.4 is 11.2 Å². The van der Waals surface area contributed by atoms with Gasteiger partial charge in [0.05, 0.1) is 19.4 Å². The molecular weight excluding hydrogens is 348 g/mol. The average molecular weight is 368 g/mol. The maximum absolute atomic E-state index is 13.0. The topological polar surface area (TPSA) is 96.0 Å². The van der Waals surface area contributed by atoms with Gasteiger partial charge in [0.1, 0.15) is 11.6 Å². The second-order valence-electron chi connectivity index (χ2n) is 6.51. The number of benzene rings is 1. The largest absolute Gasteiger partial charge is 0.333 e. The lowest BCUT2D eigenvalue weighted by Gasteiger charge is -2.12. The quantitative estimate of drug-likeness (QED) is 0.619. The van der Waals surface area contributed by atoms with Crippen LogP contribution in [0.5, 0.6) is 0 Å². The highest BCUT2D eigenvalue weighted by Crippen LogP contribution is 2.10. The van der Waals surface area contributed by atoms with E-state index < -0.39 is 11.2 Å². The maximum atomic E-state index is 13.0. The molecule has 140 valence electrons. The molecule has 0 saturated heterocycles. The Morgan fingerprint density at radius 2 is 1.70 bits per heavy atom. The fourth-order valence-electron chi connectivity index (χ4n) is 2.97. The zero-order valence-electron chi connectivity index (χ0n) is 15.2. The number of aromatic nitrogens is 4. The first-order valence-electron chi connectivity index (χ1n) is 8.59. The Bertz CT molecular complexity index is 1120. The lowest BCUT2D eigenvalue weighted by atomic mass is 10.2. The molecule has 3 rings (SSSR count). The highest BCUT2D eigenvalue weighted by molar-refractivity contribution is 5.78. The number of ketones is 2. The van der Waals surface area contributed by atoms with E-state index in [1.165, 1.54) is 29.3 Å². The summed E-state index contributed by atoms with van der Waals surface area (Å²) in [5.41, 5.74) is 0.224. The van der Waals surface area contributed by atoms with Crippen molar-refractivity contribution in [3.05, 3.63) is 63.1 Å². The van der Waals surface area contributed by atoms with Crippen molar-refractivity contribution in [1.82, 2.24) is 18.7 Å². The maximum Gasteiger partial charge on any atom is 0.333 e. The van der Waals surface area contributed by atoms with E-state index in [4.69, 9.17) is 0 Å². The fourth-order valence-corrected chi connectivity index (χ4v) is 2.97. The van der Waals surface area contributed by atoms with E-state index in [0.717, 1.165) is 10.1 Å². The van der Waals surface area contributed by atoms with Crippen LogP contribution in [-0.4, -0.2) is 30.3 Å². The number of Topliss-reactive ketones (excluding diaryl/α,β-unsaturated/α-hetero) is 2. The van der Waals surface area contributed by atoms with E-state index in [9.17, 15) is 19.2 Å². The smallest absolute Gasteiger partial charge is 0.317 e. The van der Waals surface area contributed by atoms with Crippen LogP contribution in [0.2, 0.25) is 0 Å². The van der Waals surface area contributed by atoms with Crippen LogP contribution in [-0.2, 0) is 29.2 Å². The lowest BCUT2D eigenvalue weighted by molar-refractivity contribution is -0.118. The van der Waals surface area contributed by atoms with Gasteiger partial charge in [-0.15, -0.1) is 0 Å². The zero-order chi connectivity index (χ0) is 19.6. The third kappa shape index (κ3) is 3.79. The number of carbonyl (C=O) groups excluding carboxylic acids is 2. The Hall–Kier alpha value is -3.29. The number of hydrogen-bond donors (Lipinski definition) is 0. The van der Waals surface area contributed by atoms with E-state index in [-0.39, 0.29) is 48.8 Å². The average Bonchev–Trinajstić information content (AvgIpc) is 3.02. The summed E-state index contributed by atoms with van der Waals surface area (Å²) in [7, 11) is 0. The monoisotopic (exact) mass is 368 g/mol. The van der Waals surface area contributed by atoms with Gasteiger partial charge in [-0.05, 0) is 19.4 Å². The minimum absolute atomic E-state index is 0.0109. The van der Waals surface area contributed by atoms with Crippen molar-refractivity contribution in [3.63, 3.8) is 0 Å². The lowest BCUT2D eigenvalue weighted by Crippen LogP contribution is -2.41. The summed E-state index contributed by atoms with van der Waals surface area (Å²) in [6.07, 6.45) is 1.47. The highest BCUT2D eigenvalue weighted by atomic mass is 16.2. The Labute approximate surface area is 154 Å². The van der Waals surface area contributed by atoms with Crippen LogP contribution >= 0.6 is 0 Å². The van der Waals surface area contributed by atoms with Crippen LogP contribution in [0, 0.1) is 0 Å². The molecule has 0 spiro atoms. The van der Waals surface area contributed by atoms with Gasteiger partial charge in [0, 0.05) is 13.0 Å². The number of nitrogens with zero attached hydrogens (tertiary/aromatic N) is 4. The van der Waals surface area contributed by atoms with Crippen molar-refractivity contribution in [2.45, 2.75) is 39.9 Å². The van der Waals surface area contributed by atoms with Crippen molar-refractivity contribution in [2.75, 3.05) is 0 Å². The van der Waals surface area contributed by atoms with Crippen LogP contribution in [0.3, 0.4) is 0 Å². The minimum atomic E-state index is -0.542. The molecule has 2 heterocycles. The van der Waals surface area contributed by atoms with Gasteiger partial charge in [0.25, 0.3) is 5.56 Å². The molecule has 1 aromatic carbocycles. The Balaban J connectivity index is 2.24. The van der Waals surface area contributed by atoms with Crippen LogP contribution in [0.1, 0.15) is 25.8 Å². The van der Waals surface area contributed by atoms with Gasteiger partial charge in [0.15, 0.2) is 11.2 Å². The second-order valence-corrected chi connectivity index (χ2v) is 6.51. The first kappa shape index (κ1) is 18.5. The molecule has 0 atom stereocenters. The molecule has 0 aliphatic carbocycles. The first-order chi connectivity index (χ1) is 12.9. The van der Waals surface area contributed by atoms with Gasteiger partial charge in [-0.1, -0.05) is 30.3 Å². The SMILES string of the molecule is CC(=O)CCn1c(=O)c2c(ncn2CC(C)=O)n(Cc2ccccc2)c1=O. The molecule has 8 nitrogen and oxygen atoms in total. The van der Waals surface area contributed by atoms with E-state index in [1.807, 2.05) is 30.3 Å². The minimum Gasteiger partial charge on any atom is -0.317 e. The molecule has 0 amide bonds. The van der Waals surface area contributed by atoms with Gasteiger partial charge in [0.2, 0.25) is 0 Å². The van der Waals surface area contributed by atoms with Gasteiger partial charge in [-0.25, -0.2) is 9.78 Å². The predicted molar refractivity (Wildman–Crippen MR) is 99.8 cm³/mol. The Morgan fingerprint density at radius 3 is 2.33 bits per heavy atom. The molecule has 2 aromatic heterocycles. The summed E-state index contributed by atoms with van der Waals surface area (Å²) >= 11 is 0. The molecule has 0 bridgehead atoms. The van der Waals surface area contributed by atoms with Gasteiger partial charge < -0.3 is 4.57 Å². The van der Waals surface area contributed by atoms with Gasteiger partial charge in [-0.2, -0.15) is 0 Å². The number of imidazole rings is 1. The van der Waals surface area contributed by atoms with Crippen LogP contribution in [0.25, 0.3) is 11.2 Å². The molecule has 27 heavy (non-hydrogen) atoms. The van der Waals surface area contributed by atoms with Crippen molar-refractivity contribution in [1.29, 1.82) is 0 Å². The molecule has 0 N–H and O–H groups in total. The van der Waals surface area contributed by atoms with E-state index in [1.54, 1.807) is 0 Å². The predicted octanol–water partition coefficient (Wildman–Crippen LogP) is 0.976. The molecule has 0 saturated carbocycles. The summed E-state index contributed by atoms with van der Waals surface area (Å²) in [5.74, 6) is -0.252. The molecule has 3 aromatic rings. The van der Waals surface area contributed by atoms with Crippen molar-refractivity contribution < 1.29 is 9.59 Å². The summed E-state index contributed by atoms with van der Waals surface area (Å²) in [5, 5.41) is 0. The Morgan fingerprint density at radius 1 is 1.00 bits per heavy atom. The van der Waals surface area contributed by atoms with Crippen molar-refractivity contribution in [3.8, 4) is 0 Å². The van der Waals surface area contributed by atoms with Gasteiger partial charge in [-0.3, -0.25) is 23.5 Å². The molecular formula is C19H20N4O4. The molecule has 0 aliphatic rings. The molecule has 8 heteroatoms. The van der Waals surface area contributed by atoms with Gasteiger partial charge >= 0.3 is 5.69 Å². The third-order valence-electron chi connectivity index (χ3n) is 4.25. The summed E-state index contributed by atoms with van der Waals surface area (Å²) in [6, 6.07) is 9.33. The summed E-state index contributed by atoms with van der Waals surface area (Å²) in [6.45, 7) is 3.03.